The van der Waals surface area contributed by atoms with Gasteiger partial charge >= 0.3 is 0 Å². The molecular formula is C11H12BrClN2O2. The van der Waals surface area contributed by atoms with Gasteiger partial charge in [-0.25, -0.2) is 4.98 Å². The number of halogens is 2. The molecule has 1 aliphatic rings. The molecule has 0 spiro atoms. The van der Waals surface area contributed by atoms with E-state index >= 15 is 0 Å². The van der Waals surface area contributed by atoms with Gasteiger partial charge in [0.15, 0.2) is 0 Å². The second kappa shape index (κ2) is 5.33. The zero-order valence-electron chi connectivity index (χ0n) is 9.32. The van der Waals surface area contributed by atoms with E-state index in [2.05, 4.69) is 20.9 Å². The lowest BCUT2D eigenvalue weighted by Crippen LogP contribution is -2.44. The SMILES string of the molecule is C[C@H]1CN(C(=O)c2cc(Cl)cnc2Br)CCO1. The summed E-state index contributed by atoms with van der Waals surface area (Å²) in [5.74, 6) is -0.0676. The van der Waals surface area contributed by atoms with Crippen molar-refractivity contribution in [3.63, 3.8) is 0 Å². The molecule has 0 aliphatic carbocycles. The molecule has 0 saturated carbocycles. The van der Waals surface area contributed by atoms with Gasteiger partial charge in [0.1, 0.15) is 4.60 Å². The van der Waals surface area contributed by atoms with E-state index in [1.807, 2.05) is 6.92 Å². The molecule has 0 unspecified atom stereocenters. The molecule has 2 heterocycles. The van der Waals surface area contributed by atoms with Crippen LogP contribution in [0.15, 0.2) is 16.9 Å². The maximum absolute atomic E-state index is 12.3. The molecule has 0 N–H and O–H groups in total. The third-order valence-corrected chi connectivity index (χ3v) is 3.40. The van der Waals surface area contributed by atoms with Gasteiger partial charge in [-0.1, -0.05) is 11.6 Å². The van der Waals surface area contributed by atoms with E-state index < -0.39 is 0 Å². The van der Waals surface area contributed by atoms with Gasteiger partial charge in [0.05, 0.1) is 23.3 Å². The van der Waals surface area contributed by atoms with Crippen LogP contribution in [0.2, 0.25) is 5.02 Å². The molecule has 92 valence electrons. The molecule has 1 aromatic rings. The van der Waals surface area contributed by atoms with Crippen molar-refractivity contribution in [2.45, 2.75) is 13.0 Å². The van der Waals surface area contributed by atoms with Crippen LogP contribution in [0.4, 0.5) is 0 Å². The van der Waals surface area contributed by atoms with Gasteiger partial charge < -0.3 is 9.64 Å². The Kier molecular flexibility index (Phi) is 4.01. The van der Waals surface area contributed by atoms with Gasteiger partial charge in [-0.15, -0.1) is 0 Å². The molecule has 4 nitrogen and oxygen atoms in total. The van der Waals surface area contributed by atoms with Crippen molar-refractivity contribution in [2.24, 2.45) is 0 Å². The number of pyridine rings is 1. The van der Waals surface area contributed by atoms with Crippen LogP contribution in [0, 0.1) is 0 Å². The van der Waals surface area contributed by atoms with E-state index in [4.69, 9.17) is 16.3 Å². The Hall–Kier alpha value is -0.650. The van der Waals surface area contributed by atoms with Gasteiger partial charge in [-0.2, -0.15) is 0 Å². The van der Waals surface area contributed by atoms with Gasteiger partial charge in [0, 0.05) is 19.3 Å². The fourth-order valence-corrected chi connectivity index (χ4v) is 2.29. The van der Waals surface area contributed by atoms with Gasteiger partial charge in [0.2, 0.25) is 0 Å². The number of hydrogen-bond donors (Lipinski definition) is 0. The molecule has 1 fully saturated rings. The van der Waals surface area contributed by atoms with Crippen LogP contribution in [0.5, 0.6) is 0 Å². The zero-order chi connectivity index (χ0) is 12.4. The second-order valence-corrected chi connectivity index (χ2v) is 5.11. The molecular weight excluding hydrogens is 307 g/mol. The largest absolute Gasteiger partial charge is 0.375 e. The van der Waals surface area contributed by atoms with Gasteiger partial charge in [-0.05, 0) is 28.9 Å². The highest BCUT2D eigenvalue weighted by molar-refractivity contribution is 9.10. The van der Waals surface area contributed by atoms with Crippen LogP contribution in [-0.2, 0) is 4.74 Å². The highest BCUT2D eigenvalue weighted by Gasteiger charge is 2.24. The van der Waals surface area contributed by atoms with E-state index in [0.29, 0.717) is 34.9 Å². The minimum Gasteiger partial charge on any atom is -0.375 e. The van der Waals surface area contributed by atoms with E-state index in [0.717, 1.165) is 0 Å². The summed E-state index contributed by atoms with van der Waals surface area (Å²) in [6, 6.07) is 1.63. The lowest BCUT2D eigenvalue weighted by molar-refractivity contribution is -0.0124. The average Bonchev–Trinajstić information content (AvgIpc) is 2.31. The summed E-state index contributed by atoms with van der Waals surface area (Å²) in [6.07, 6.45) is 1.57. The minimum absolute atomic E-state index is 0.0676. The zero-order valence-corrected chi connectivity index (χ0v) is 11.7. The third kappa shape index (κ3) is 2.97. The van der Waals surface area contributed by atoms with Crippen LogP contribution < -0.4 is 0 Å². The third-order valence-electron chi connectivity index (χ3n) is 2.56. The Labute approximate surface area is 113 Å². The first-order valence-corrected chi connectivity index (χ1v) is 6.47. The fourth-order valence-electron chi connectivity index (χ4n) is 1.75. The van der Waals surface area contributed by atoms with E-state index in [1.165, 1.54) is 6.20 Å². The Morgan fingerprint density at radius 2 is 2.47 bits per heavy atom. The molecule has 1 amide bonds. The topological polar surface area (TPSA) is 42.4 Å². The number of nitrogens with zero attached hydrogens (tertiary/aromatic N) is 2. The Morgan fingerprint density at radius 1 is 1.71 bits per heavy atom. The maximum Gasteiger partial charge on any atom is 0.256 e. The lowest BCUT2D eigenvalue weighted by atomic mass is 10.2. The molecule has 1 aromatic heterocycles. The van der Waals surface area contributed by atoms with Crippen LogP contribution in [0.25, 0.3) is 0 Å². The highest BCUT2D eigenvalue weighted by Crippen LogP contribution is 2.20. The molecule has 17 heavy (non-hydrogen) atoms. The predicted molar refractivity (Wildman–Crippen MR) is 68.3 cm³/mol. The first kappa shape index (κ1) is 12.8. The summed E-state index contributed by atoms with van der Waals surface area (Å²) in [7, 11) is 0. The number of morpholine rings is 1. The van der Waals surface area contributed by atoms with Crippen molar-refractivity contribution in [1.29, 1.82) is 0 Å². The van der Waals surface area contributed by atoms with Gasteiger partial charge in [-0.3, -0.25) is 4.79 Å². The van der Waals surface area contributed by atoms with Crippen molar-refractivity contribution in [2.75, 3.05) is 19.7 Å². The molecule has 1 aliphatic heterocycles. The molecule has 1 atom stereocenters. The van der Waals surface area contributed by atoms with Crippen molar-refractivity contribution in [3.8, 4) is 0 Å². The maximum atomic E-state index is 12.3. The number of hydrogen-bond acceptors (Lipinski definition) is 3. The minimum atomic E-state index is -0.0676. The van der Waals surface area contributed by atoms with E-state index in [9.17, 15) is 4.79 Å². The lowest BCUT2D eigenvalue weighted by Gasteiger charge is -2.31. The van der Waals surface area contributed by atoms with Crippen LogP contribution in [-0.4, -0.2) is 41.6 Å². The summed E-state index contributed by atoms with van der Waals surface area (Å²) in [6.45, 7) is 3.71. The summed E-state index contributed by atoms with van der Waals surface area (Å²) in [5, 5.41) is 0.456. The van der Waals surface area contributed by atoms with Crippen molar-refractivity contribution >= 4 is 33.4 Å². The number of carbonyl (C=O) groups is 1. The molecule has 6 heteroatoms. The highest BCUT2D eigenvalue weighted by atomic mass is 79.9. The molecule has 0 radical (unpaired) electrons. The van der Waals surface area contributed by atoms with Gasteiger partial charge in [0.25, 0.3) is 5.91 Å². The summed E-state index contributed by atoms with van der Waals surface area (Å²) in [5.41, 5.74) is 0.492. The molecule has 0 bridgehead atoms. The first-order valence-electron chi connectivity index (χ1n) is 5.30. The first-order chi connectivity index (χ1) is 8.08. The summed E-state index contributed by atoms with van der Waals surface area (Å²) in [4.78, 5) is 18.0. The van der Waals surface area contributed by atoms with Crippen LogP contribution in [0.3, 0.4) is 0 Å². The van der Waals surface area contributed by atoms with Crippen LogP contribution >= 0.6 is 27.5 Å². The monoisotopic (exact) mass is 318 g/mol. The number of rotatable bonds is 1. The Bertz CT molecular complexity index is 441. The fraction of sp³-hybridized carbons (Fsp3) is 0.455. The number of ether oxygens (including phenoxy) is 1. The second-order valence-electron chi connectivity index (χ2n) is 3.92. The molecule has 1 saturated heterocycles. The Morgan fingerprint density at radius 3 is 3.18 bits per heavy atom. The average molecular weight is 320 g/mol. The number of amides is 1. The number of carbonyl (C=O) groups excluding carboxylic acids is 1. The Balaban J connectivity index is 2.21. The summed E-state index contributed by atoms with van der Waals surface area (Å²) >= 11 is 9.11. The predicted octanol–water partition coefficient (Wildman–Crippen LogP) is 2.36. The number of aromatic nitrogens is 1. The molecule has 2 rings (SSSR count). The smallest absolute Gasteiger partial charge is 0.256 e. The van der Waals surface area contributed by atoms with Crippen molar-refractivity contribution < 1.29 is 9.53 Å². The van der Waals surface area contributed by atoms with Crippen molar-refractivity contribution in [3.05, 3.63) is 27.5 Å². The van der Waals surface area contributed by atoms with Crippen LogP contribution in [0.1, 0.15) is 17.3 Å². The summed E-state index contributed by atoms with van der Waals surface area (Å²) < 4.78 is 5.92. The van der Waals surface area contributed by atoms with E-state index in [1.54, 1.807) is 11.0 Å². The molecule has 0 aromatic carbocycles. The standard InChI is InChI=1S/C11H12BrClN2O2/c1-7-6-15(2-3-17-7)11(16)9-4-8(13)5-14-10(9)12/h4-5,7H,2-3,6H2,1H3/t7-/m0/s1. The quantitative estimate of drug-likeness (QED) is 0.746. The van der Waals surface area contributed by atoms with E-state index in [-0.39, 0.29) is 12.0 Å². The normalized spacial score (nSPS) is 20.4. The van der Waals surface area contributed by atoms with Crippen molar-refractivity contribution in [1.82, 2.24) is 9.88 Å².